The van der Waals surface area contributed by atoms with Crippen LogP contribution in [0.15, 0.2) is 24.3 Å². The summed E-state index contributed by atoms with van der Waals surface area (Å²) in [5.74, 6) is 1.56. The molecule has 0 amide bonds. The second-order valence-electron chi connectivity index (χ2n) is 6.79. The highest BCUT2D eigenvalue weighted by Gasteiger charge is 2.34. The van der Waals surface area contributed by atoms with Gasteiger partial charge in [0.2, 0.25) is 12.5 Å². The Morgan fingerprint density at radius 1 is 0.900 bits per heavy atom. The summed E-state index contributed by atoms with van der Waals surface area (Å²) in [5, 5.41) is 11.9. The first kappa shape index (κ1) is 18.2. The van der Waals surface area contributed by atoms with E-state index in [9.17, 15) is 9.90 Å². The molecule has 1 N–H and O–H groups in total. The average molecular weight is 410 g/mol. The summed E-state index contributed by atoms with van der Waals surface area (Å²) in [6, 6.07) is 7.11. The molecule has 0 spiro atoms. The number of phenols is 1. The number of benzene rings is 3. The monoisotopic (exact) mass is 410 g/mol. The number of ether oxygens (including phenoxy) is 6. The van der Waals surface area contributed by atoms with Gasteiger partial charge in [-0.2, -0.15) is 0 Å². The maximum Gasteiger partial charge on any atom is 0.342 e. The lowest BCUT2D eigenvalue weighted by molar-refractivity contribution is 0.0533. The molecule has 0 radical (unpaired) electrons. The molecule has 8 heteroatoms. The number of aromatic hydroxyl groups is 1. The molecule has 0 aromatic heterocycles. The topological polar surface area (TPSA) is 92.7 Å². The third-order valence-corrected chi connectivity index (χ3v) is 5.39. The first-order chi connectivity index (χ1) is 14.6. The summed E-state index contributed by atoms with van der Waals surface area (Å²) < 4.78 is 32.9. The van der Waals surface area contributed by atoms with Crippen LogP contribution in [0.4, 0.5) is 0 Å². The number of phenolic OH excluding ortho intramolecular Hbond substituents is 1. The molecule has 3 aromatic carbocycles. The third-order valence-electron chi connectivity index (χ3n) is 5.39. The number of hydrogen-bond acceptors (Lipinski definition) is 8. The van der Waals surface area contributed by atoms with Crippen LogP contribution in [-0.2, 0) is 11.3 Å². The summed E-state index contributed by atoms with van der Waals surface area (Å²) in [7, 11) is 4.50. The molecular formula is C22H18O8. The van der Waals surface area contributed by atoms with E-state index >= 15 is 0 Å². The van der Waals surface area contributed by atoms with Crippen LogP contribution < -0.4 is 23.7 Å². The van der Waals surface area contributed by atoms with Crippen LogP contribution in [0.1, 0.15) is 15.9 Å². The molecule has 8 nitrogen and oxygen atoms in total. The number of carbonyl (C=O) groups excluding carboxylic acids is 1. The Labute approximate surface area is 171 Å². The van der Waals surface area contributed by atoms with Crippen molar-refractivity contribution in [1.29, 1.82) is 0 Å². The Morgan fingerprint density at radius 3 is 2.40 bits per heavy atom. The Kier molecular flexibility index (Phi) is 4.02. The zero-order chi connectivity index (χ0) is 21.0. The van der Waals surface area contributed by atoms with E-state index in [0.717, 1.165) is 5.56 Å². The Hall–Kier alpha value is -3.81. The zero-order valence-corrected chi connectivity index (χ0v) is 16.5. The number of esters is 1. The fourth-order valence-electron chi connectivity index (χ4n) is 4.09. The Morgan fingerprint density at radius 2 is 1.67 bits per heavy atom. The molecule has 0 atom stereocenters. The van der Waals surface area contributed by atoms with E-state index in [-0.39, 0.29) is 24.7 Å². The van der Waals surface area contributed by atoms with Crippen LogP contribution in [0.2, 0.25) is 0 Å². The predicted octanol–water partition coefficient (Wildman–Crippen LogP) is 3.64. The molecule has 30 heavy (non-hydrogen) atoms. The highest BCUT2D eigenvalue weighted by molar-refractivity contribution is 6.14. The molecule has 3 aromatic rings. The lowest BCUT2D eigenvalue weighted by Gasteiger charge is -2.20. The molecule has 0 aliphatic carbocycles. The zero-order valence-electron chi connectivity index (χ0n) is 16.5. The minimum absolute atomic E-state index is 0.0267. The van der Waals surface area contributed by atoms with E-state index < -0.39 is 5.97 Å². The number of rotatable bonds is 4. The summed E-state index contributed by atoms with van der Waals surface area (Å²) in [4.78, 5) is 12.4. The molecule has 0 fully saturated rings. The van der Waals surface area contributed by atoms with E-state index in [0.29, 0.717) is 50.6 Å². The molecule has 0 saturated heterocycles. The number of cyclic esters (lactones) is 1. The molecule has 2 aliphatic rings. The third kappa shape index (κ3) is 2.36. The van der Waals surface area contributed by atoms with E-state index in [1.165, 1.54) is 21.3 Å². The van der Waals surface area contributed by atoms with Gasteiger partial charge in [0, 0.05) is 21.9 Å². The van der Waals surface area contributed by atoms with Crippen molar-refractivity contribution in [2.24, 2.45) is 0 Å². The molecule has 154 valence electrons. The summed E-state index contributed by atoms with van der Waals surface area (Å²) in [6.45, 7) is 0.169. The largest absolute Gasteiger partial charge is 0.506 e. The number of methoxy groups -OCH3 is 3. The lowest BCUT2D eigenvalue weighted by Crippen LogP contribution is -2.01. The maximum absolute atomic E-state index is 12.4. The van der Waals surface area contributed by atoms with E-state index in [1.807, 2.05) is 12.1 Å². The van der Waals surface area contributed by atoms with Crippen LogP contribution in [0.25, 0.3) is 21.9 Å². The van der Waals surface area contributed by atoms with E-state index in [2.05, 4.69) is 0 Å². The highest BCUT2D eigenvalue weighted by Crippen LogP contribution is 2.53. The fraction of sp³-hybridized carbons (Fsp3) is 0.227. The Balaban J connectivity index is 1.96. The number of hydrogen-bond donors (Lipinski definition) is 1. The molecular weight excluding hydrogens is 392 g/mol. The van der Waals surface area contributed by atoms with Crippen molar-refractivity contribution in [2.75, 3.05) is 28.1 Å². The van der Waals surface area contributed by atoms with Gasteiger partial charge in [-0.05, 0) is 23.8 Å². The Bertz CT molecular complexity index is 1210. The van der Waals surface area contributed by atoms with Crippen molar-refractivity contribution in [3.8, 4) is 45.6 Å². The molecule has 2 heterocycles. The maximum atomic E-state index is 12.4. The molecule has 0 saturated carbocycles. The van der Waals surface area contributed by atoms with Gasteiger partial charge in [-0.1, -0.05) is 6.07 Å². The van der Waals surface area contributed by atoms with Crippen LogP contribution in [0.3, 0.4) is 0 Å². The number of carbonyl (C=O) groups is 1. The first-order valence-corrected chi connectivity index (χ1v) is 9.16. The van der Waals surface area contributed by atoms with Gasteiger partial charge < -0.3 is 33.5 Å². The fourth-order valence-corrected chi connectivity index (χ4v) is 4.09. The predicted molar refractivity (Wildman–Crippen MR) is 106 cm³/mol. The van der Waals surface area contributed by atoms with Crippen molar-refractivity contribution < 1.29 is 38.3 Å². The van der Waals surface area contributed by atoms with Crippen molar-refractivity contribution in [3.63, 3.8) is 0 Å². The van der Waals surface area contributed by atoms with Crippen LogP contribution in [0, 0.1) is 0 Å². The smallest absolute Gasteiger partial charge is 0.342 e. The standard InChI is InChI=1S/C22H18O8/c1-25-15-7-11-17(21(27-3)20(15)26-2)16(12-8-28-22(24)18(12)19(11)23)10-4-5-13-14(6-10)30-9-29-13/h4-7,23H,8-9H2,1-3H3. The normalized spacial score (nSPS) is 13.9. The van der Waals surface area contributed by atoms with Gasteiger partial charge >= 0.3 is 5.97 Å². The van der Waals surface area contributed by atoms with E-state index in [4.69, 9.17) is 28.4 Å². The molecule has 0 bridgehead atoms. The van der Waals surface area contributed by atoms with Crippen molar-refractivity contribution in [1.82, 2.24) is 0 Å². The molecule has 5 rings (SSSR count). The van der Waals surface area contributed by atoms with Crippen LogP contribution in [-0.4, -0.2) is 39.2 Å². The van der Waals surface area contributed by atoms with Gasteiger partial charge in [0.25, 0.3) is 0 Å². The van der Waals surface area contributed by atoms with Gasteiger partial charge in [0.05, 0.1) is 21.3 Å². The minimum Gasteiger partial charge on any atom is -0.506 e. The summed E-state index contributed by atoms with van der Waals surface area (Å²) in [6.07, 6.45) is 0. The summed E-state index contributed by atoms with van der Waals surface area (Å²) in [5.41, 5.74) is 2.13. The van der Waals surface area contributed by atoms with Crippen LogP contribution in [0.5, 0.6) is 34.5 Å². The second-order valence-corrected chi connectivity index (χ2v) is 6.79. The summed E-state index contributed by atoms with van der Waals surface area (Å²) >= 11 is 0. The van der Waals surface area contributed by atoms with Crippen molar-refractivity contribution >= 4 is 16.7 Å². The first-order valence-electron chi connectivity index (χ1n) is 9.16. The van der Waals surface area contributed by atoms with Crippen molar-refractivity contribution in [2.45, 2.75) is 6.61 Å². The quantitative estimate of drug-likeness (QED) is 0.652. The van der Waals surface area contributed by atoms with Crippen molar-refractivity contribution in [3.05, 3.63) is 35.4 Å². The van der Waals surface area contributed by atoms with E-state index in [1.54, 1.807) is 12.1 Å². The minimum atomic E-state index is -0.583. The van der Waals surface area contributed by atoms with Gasteiger partial charge in [0.1, 0.15) is 17.9 Å². The second kappa shape index (κ2) is 6.62. The van der Waals surface area contributed by atoms with Crippen LogP contribution >= 0.6 is 0 Å². The van der Waals surface area contributed by atoms with Gasteiger partial charge in [-0.3, -0.25) is 0 Å². The van der Waals surface area contributed by atoms with Gasteiger partial charge in [-0.25, -0.2) is 4.79 Å². The molecule has 0 unspecified atom stereocenters. The SMILES string of the molecule is COc1cc2c(O)c3c(c(-c4ccc5c(c4)OCO5)c2c(OC)c1OC)COC3=O. The lowest BCUT2D eigenvalue weighted by atomic mass is 9.88. The average Bonchev–Trinajstić information content (AvgIpc) is 3.39. The van der Waals surface area contributed by atoms with Gasteiger partial charge in [0.15, 0.2) is 23.0 Å². The number of fused-ring (bicyclic) bond motifs is 3. The highest BCUT2D eigenvalue weighted by atomic mass is 16.7. The molecule has 2 aliphatic heterocycles. The van der Waals surface area contributed by atoms with Gasteiger partial charge in [-0.15, -0.1) is 0 Å².